The molecule has 6 heteroatoms. The van der Waals surface area contributed by atoms with E-state index in [0.717, 1.165) is 18.0 Å². The highest BCUT2D eigenvalue weighted by Crippen LogP contribution is 2.20. The normalized spacial score (nSPS) is 10.8. The maximum atomic E-state index is 5.58. The van der Waals surface area contributed by atoms with Crippen molar-refractivity contribution in [2.75, 3.05) is 11.9 Å². The molecule has 2 N–H and O–H groups in total. The highest BCUT2D eigenvalue weighted by Gasteiger charge is 2.05. The van der Waals surface area contributed by atoms with E-state index in [4.69, 9.17) is 9.15 Å². The van der Waals surface area contributed by atoms with Gasteiger partial charge in [-0.2, -0.15) is 0 Å². The quantitative estimate of drug-likeness (QED) is 0.810. The summed E-state index contributed by atoms with van der Waals surface area (Å²) in [7, 11) is 0. The minimum Gasteiger partial charge on any atom is -0.491 e. The van der Waals surface area contributed by atoms with E-state index in [1.54, 1.807) is 0 Å². The Morgan fingerprint density at radius 2 is 1.95 bits per heavy atom. The van der Waals surface area contributed by atoms with Crippen LogP contribution in [0.2, 0.25) is 0 Å². The van der Waals surface area contributed by atoms with E-state index in [2.05, 4.69) is 20.8 Å². The second-order valence-electron chi connectivity index (χ2n) is 4.60. The zero-order valence-corrected chi connectivity index (χ0v) is 12.0. The fraction of sp³-hybridized carbons (Fsp3) is 0.429. The Kier molecular flexibility index (Phi) is 4.95. The summed E-state index contributed by atoms with van der Waals surface area (Å²) >= 11 is 0. The molecule has 1 heterocycles. The molecule has 0 bridgehead atoms. The number of ether oxygens (including phenoxy) is 1. The summed E-state index contributed by atoms with van der Waals surface area (Å²) in [4.78, 5) is 0. The van der Waals surface area contributed by atoms with Crippen molar-refractivity contribution >= 4 is 11.7 Å². The number of aromatic nitrogens is 2. The predicted molar refractivity (Wildman–Crippen MR) is 77.2 cm³/mol. The molecule has 6 nitrogen and oxygen atoms in total. The highest BCUT2D eigenvalue weighted by atomic mass is 16.5. The van der Waals surface area contributed by atoms with Crippen LogP contribution in [0.1, 0.15) is 26.7 Å². The Labute approximate surface area is 118 Å². The van der Waals surface area contributed by atoms with Crippen LogP contribution in [0.15, 0.2) is 28.7 Å². The molecule has 20 heavy (non-hydrogen) atoms. The third kappa shape index (κ3) is 4.24. The van der Waals surface area contributed by atoms with E-state index in [1.807, 2.05) is 45.0 Å². The molecular weight excluding hydrogens is 256 g/mol. The highest BCUT2D eigenvalue weighted by molar-refractivity contribution is 5.53. The molecule has 0 saturated carbocycles. The van der Waals surface area contributed by atoms with Crippen LogP contribution in [0, 0.1) is 0 Å². The zero-order chi connectivity index (χ0) is 14.4. The average Bonchev–Trinajstić information content (AvgIpc) is 2.86. The summed E-state index contributed by atoms with van der Waals surface area (Å²) in [5.41, 5.74) is 0.875. The SMILES string of the molecule is CCNCc1nnc(Nc2ccc(OC(C)C)cc2)o1. The average molecular weight is 276 g/mol. The van der Waals surface area contributed by atoms with Crippen molar-refractivity contribution in [1.82, 2.24) is 15.5 Å². The van der Waals surface area contributed by atoms with Gasteiger partial charge >= 0.3 is 6.01 Å². The first-order chi connectivity index (χ1) is 9.67. The second-order valence-corrected chi connectivity index (χ2v) is 4.60. The Hall–Kier alpha value is -2.08. The van der Waals surface area contributed by atoms with Gasteiger partial charge in [0.2, 0.25) is 5.89 Å². The molecule has 2 rings (SSSR count). The number of nitrogens with zero attached hydrogens (tertiary/aromatic N) is 2. The van der Waals surface area contributed by atoms with Crippen molar-refractivity contribution in [3.63, 3.8) is 0 Å². The molecule has 0 fully saturated rings. The molecule has 0 aliphatic heterocycles. The van der Waals surface area contributed by atoms with Gasteiger partial charge in [0.05, 0.1) is 12.6 Å². The summed E-state index contributed by atoms with van der Waals surface area (Å²) in [5, 5.41) is 14.1. The number of nitrogens with one attached hydrogen (secondary N) is 2. The van der Waals surface area contributed by atoms with Gasteiger partial charge in [0.15, 0.2) is 0 Å². The lowest BCUT2D eigenvalue weighted by atomic mass is 10.3. The lowest BCUT2D eigenvalue weighted by Crippen LogP contribution is -2.11. The van der Waals surface area contributed by atoms with Crippen molar-refractivity contribution in [1.29, 1.82) is 0 Å². The molecule has 0 radical (unpaired) electrons. The topological polar surface area (TPSA) is 72.2 Å². The summed E-state index contributed by atoms with van der Waals surface area (Å²) in [5.74, 6) is 1.40. The van der Waals surface area contributed by atoms with Gasteiger partial charge in [-0.05, 0) is 44.7 Å². The third-order valence-electron chi connectivity index (χ3n) is 2.47. The van der Waals surface area contributed by atoms with Crippen LogP contribution in [-0.4, -0.2) is 22.8 Å². The standard InChI is InChI=1S/C14H20N4O2/c1-4-15-9-13-17-18-14(20-13)16-11-5-7-12(8-6-11)19-10(2)3/h5-8,10,15H,4,9H2,1-3H3,(H,16,18). The minimum absolute atomic E-state index is 0.165. The Morgan fingerprint density at radius 1 is 1.20 bits per heavy atom. The Bertz CT molecular complexity index is 522. The van der Waals surface area contributed by atoms with Gasteiger partial charge in [0.25, 0.3) is 0 Å². The fourth-order valence-electron chi connectivity index (χ4n) is 1.62. The van der Waals surface area contributed by atoms with Crippen molar-refractivity contribution in [2.24, 2.45) is 0 Å². The molecule has 0 aliphatic rings. The van der Waals surface area contributed by atoms with Gasteiger partial charge in [-0.25, -0.2) is 0 Å². The molecule has 0 aliphatic carbocycles. The maximum Gasteiger partial charge on any atom is 0.320 e. The van der Waals surface area contributed by atoms with Crippen molar-refractivity contribution in [2.45, 2.75) is 33.4 Å². The number of rotatable bonds is 7. The summed E-state index contributed by atoms with van der Waals surface area (Å²) in [6, 6.07) is 8.00. The predicted octanol–water partition coefficient (Wildman–Crippen LogP) is 2.71. The van der Waals surface area contributed by atoms with Crippen LogP contribution >= 0.6 is 0 Å². The van der Waals surface area contributed by atoms with Gasteiger partial charge in [0.1, 0.15) is 5.75 Å². The first-order valence-corrected chi connectivity index (χ1v) is 6.74. The lowest BCUT2D eigenvalue weighted by Gasteiger charge is -2.09. The van der Waals surface area contributed by atoms with Gasteiger partial charge in [-0.15, -0.1) is 5.10 Å². The first-order valence-electron chi connectivity index (χ1n) is 6.74. The summed E-state index contributed by atoms with van der Waals surface area (Å²) < 4.78 is 11.0. The van der Waals surface area contributed by atoms with Crippen LogP contribution in [0.3, 0.4) is 0 Å². The van der Waals surface area contributed by atoms with E-state index in [1.165, 1.54) is 0 Å². The molecule has 0 atom stereocenters. The number of hydrogen-bond acceptors (Lipinski definition) is 6. The van der Waals surface area contributed by atoms with Crippen molar-refractivity contribution in [3.8, 4) is 5.75 Å². The van der Waals surface area contributed by atoms with Gasteiger partial charge in [-0.1, -0.05) is 12.0 Å². The van der Waals surface area contributed by atoms with Gasteiger partial charge in [0, 0.05) is 5.69 Å². The first kappa shape index (κ1) is 14.3. The van der Waals surface area contributed by atoms with E-state index in [0.29, 0.717) is 18.5 Å². The second kappa shape index (κ2) is 6.91. The largest absolute Gasteiger partial charge is 0.491 e. The van der Waals surface area contributed by atoms with Gasteiger partial charge < -0.3 is 19.8 Å². The molecule has 0 amide bonds. The lowest BCUT2D eigenvalue weighted by molar-refractivity contribution is 0.242. The molecule has 2 aromatic rings. The van der Waals surface area contributed by atoms with Crippen LogP contribution < -0.4 is 15.4 Å². The number of benzene rings is 1. The van der Waals surface area contributed by atoms with Crippen LogP contribution in [0.25, 0.3) is 0 Å². The molecule has 0 unspecified atom stereocenters. The maximum absolute atomic E-state index is 5.58. The summed E-state index contributed by atoms with van der Waals surface area (Å²) in [6.07, 6.45) is 0.165. The molecule has 0 spiro atoms. The number of hydrogen-bond donors (Lipinski definition) is 2. The van der Waals surface area contributed by atoms with E-state index in [-0.39, 0.29) is 6.10 Å². The third-order valence-corrected chi connectivity index (χ3v) is 2.47. The Balaban J connectivity index is 1.94. The number of anilines is 2. The molecule has 1 aromatic heterocycles. The molecule has 108 valence electrons. The summed E-state index contributed by atoms with van der Waals surface area (Å²) in [6.45, 7) is 7.46. The van der Waals surface area contributed by atoms with Crippen molar-refractivity contribution in [3.05, 3.63) is 30.2 Å². The van der Waals surface area contributed by atoms with Crippen LogP contribution in [0.4, 0.5) is 11.7 Å². The molecule has 1 aromatic carbocycles. The van der Waals surface area contributed by atoms with Gasteiger partial charge in [-0.3, -0.25) is 0 Å². The van der Waals surface area contributed by atoms with Crippen molar-refractivity contribution < 1.29 is 9.15 Å². The fourth-order valence-corrected chi connectivity index (χ4v) is 1.62. The smallest absolute Gasteiger partial charge is 0.320 e. The molecule has 0 saturated heterocycles. The van der Waals surface area contributed by atoms with E-state index in [9.17, 15) is 0 Å². The van der Waals surface area contributed by atoms with E-state index < -0.39 is 0 Å². The zero-order valence-electron chi connectivity index (χ0n) is 12.0. The van der Waals surface area contributed by atoms with E-state index >= 15 is 0 Å². The molecular formula is C14H20N4O2. The van der Waals surface area contributed by atoms with Crippen LogP contribution in [0.5, 0.6) is 5.75 Å². The minimum atomic E-state index is 0.165. The Morgan fingerprint density at radius 3 is 2.60 bits per heavy atom. The van der Waals surface area contributed by atoms with Crippen LogP contribution in [-0.2, 0) is 6.54 Å². The monoisotopic (exact) mass is 276 g/mol.